The zero-order valence-corrected chi connectivity index (χ0v) is 15.7. The minimum atomic E-state index is -2.69. The van der Waals surface area contributed by atoms with Crippen molar-refractivity contribution in [2.75, 3.05) is 7.11 Å². The molecule has 0 fully saturated rings. The van der Waals surface area contributed by atoms with Crippen LogP contribution in [-0.2, 0) is 19.7 Å². The van der Waals surface area contributed by atoms with Gasteiger partial charge < -0.3 is 13.3 Å². The van der Waals surface area contributed by atoms with Crippen molar-refractivity contribution in [3.8, 4) is 0 Å². The van der Waals surface area contributed by atoms with Crippen LogP contribution in [0.1, 0.15) is 46.1 Å². The van der Waals surface area contributed by atoms with E-state index in [9.17, 15) is 8.78 Å². The molecule has 3 nitrogen and oxygen atoms in total. The van der Waals surface area contributed by atoms with Crippen molar-refractivity contribution in [2.24, 2.45) is 0 Å². The highest BCUT2D eigenvalue weighted by molar-refractivity contribution is 6.60. The van der Waals surface area contributed by atoms with Crippen LogP contribution in [0.2, 0.25) is 6.04 Å². The molecule has 0 amide bonds. The minimum Gasteiger partial charge on any atom is -0.377 e. The van der Waals surface area contributed by atoms with Gasteiger partial charge in [0.2, 0.25) is 0 Å². The van der Waals surface area contributed by atoms with Gasteiger partial charge in [-0.2, -0.15) is 0 Å². The Morgan fingerprint density at radius 2 is 1.57 bits per heavy atom. The second-order valence-electron chi connectivity index (χ2n) is 6.18. The maximum Gasteiger partial charge on any atom is 0.501 e. The first kappa shape index (κ1) is 20.2. The molecule has 1 rings (SSSR count). The van der Waals surface area contributed by atoms with Crippen LogP contribution < -0.4 is 0 Å². The summed E-state index contributed by atoms with van der Waals surface area (Å²) in [6, 6.07) is 4.76. The van der Waals surface area contributed by atoms with Crippen LogP contribution in [0.4, 0.5) is 8.78 Å². The monoisotopic (exact) mass is 346 g/mol. The first-order chi connectivity index (χ1) is 10.8. The molecule has 0 saturated carbocycles. The summed E-state index contributed by atoms with van der Waals surface area (Å²) >= 11 is 0. The number of benzene rings is 1. The van der Waals surface area contributed by atoms with Gasteiger partial charge in [-0.3, -0.25) is 0 Å². The molecule has 0 aliphatic heterocycles. The summed E-state index contributed by atoms with van der Waals surface area (Å²) in [4.78, 5) is 0. The Labute approximate surface area is 139 Å². The van der Waals surface area contributed by atoms with Crippen molar-refractivity contribution < 1.29 is 22.1 Å². The van der Waals surface area contributed by atoms with Gasteiger partial charge in [0.25, 0.3) is 0 Å². The molecule has 1 aromatic carbocycles. The Morgan fingerprint density at radius 1 is 0.957 bits per heavy atom. The lowest BCUT2D eigenvalue weighted by atomic mass is 10.1. The van der Waals surface area contributed by atoms with Crippen molar-refractivity contribution >= 4 is 8.80 Å². The Kier molecular flexibility index (Phi) is 8.32. The van der Waals surface area contributed by atoms with Gasteiger partial charge in [0.05, 0.1) is 0 Å². The molecule has 23 heavy (non-hydrogen) atoms. The van der Waals surface area contributed by atoms with E-state index in [2.05, 4.69) is 0 Å². The SMILES string of the molecule is CO[Si](CCCCc1ccc(F)c(F)c1)(OC(C)C)OC(C)C. The lowest BCUT2D eigenvalue weighted by Crippen LogP contribution is -2.48. The van der Waals surface area contributed by atoms with E-state index in [0.717, 1.165) is 18.4 Å². The third kappa shape index (κ3) is 7.08. The van der Waals surface area contributed by atoms with E-state index >= 15 is 0 Å². The molecule has 0 saturated heterocycles. The zero-order valence-electron chi connectivity index (χ0n) is 14.7. The van der Waals surface area contributed by atoms with E-state index in [0.29, 0.717) is 12.5 Å². The van der Waals surface area contributed by atoms with Crippen molar-refractivity contribution in [1.82, 2.24) is 0 Å². The molecule has 6 heteroatoms. The lowest BCUT2D eigenvalue weighted by Gasteiger charge is -2.31. The van der Waals surface area contributed by atoms with Crippen LogP contribution in [0, 0.1) is 11.6 Å². The van der Waals surface area contributed by atoms with Gasteiger partial charge in [-0.25, -0.2) is 8.78 Å². The Bertz CT molecular complexity index is 471. The molecule has 0 spiro atoms. The zero-order chi connectivity index (χ0) is 17.5. The maximum atomic E-state index is 13.2. The number of hydrogen-bond acceptors (Lipinski definition) is 3. The van der Waals surface area contributed by atoms with Crippen LogP contribution in [0.25, 0.3) is 0 Å². The highest BCUT2D eigenvalue weighted by Crippen LogP contribution is 2.23. The fourth-order valence-electron chi connectivity index (χ4n) is 2.43. The van der Waals surface area contributed by atoms with E-state index in [1.165, 1.54) is 12.1 Å². The largest absolute Gasteiger partial charge is 0.501 e. The number of rotatable bonds is 10. The summed E-state index contributed by atoms with van der Waals surface area (Å²) in [6.45, 7) is 7.86. The smallest absolute Gasteiger partial charge is 0.377 e. The first-order valence-electron chi connectivity index (χ1n) is 8.12. The van der Waals surface area contributed by atoms with Crippen molar-refractivity contribution in [2.45, 2.75) is 65.2 Å². The predicted molar refractivity (Wildman–Crippen MR) is 89.3 cm³/mol. The molecular weight excluding hydrogens is 318 g/mol. The lowest BCUT2D eigenvalue weighted by molar-refractivity contribution is 0.0323. The summed E-state index contributed by atoms with van der Waals surface area (Å²) in [5.74, 6) is -1.61. The fraction of sp³-hybridized carbons (Fsp3) is 0.647. The average Bonchev–Trinajstić information content (AvgIpc) is 2.45. The number of aryl methyl sites for hydroxylation is 1. The van der Waals surface area contributed by atoms with Crippen LogP contribution in [0.3, 0.4) is 0 Å². The molecule has 0 N–H and O–H groups in total. The topological polar surface area (TPSA) is 27.7 Å². The van der Waals surface area contributed by atoms with E-state index in [1.54, 1.807) is 13.2 Å². The summed E-state index contributed by atoms with van der Waals surface area (Å²) < 4.78 is 43.7. The third-order valence-electron chi connectivity index (χ3n) is 3.32. The molecule has 0 aromatic heterocycles. The normalized spacial score (nSPS) is 12.4. The van der Waals surface area contributed by atoms with Gasteiger partial charge in [-0.1, -0.05) is 6.07 Å². The second-order valence-corrected chi connectivity index (χ2v) is 8.92. The van der Waals surface area contributed by atoms with Crippen LogP contribution in [-0.4, -0.2) is 28.1 Å². The summed E-state index contributed by atoms with van der Waals surface area (Å²) in [5.41, 5.74) is 0.795. The third-order valence-corrected chi connectivity index (χ3v) is 6.57. The fourth-order valence-corrected chi connectivity index (χ4v) is 5.24. The molecule has 0 unspecified atom stereocenters. The Hall–Kier alpha value is -0.823. The molecule has 0 heterocycles. The van der Waals surface area contributed by atoms with Gasteiger partial charge in [0.1, 0.15) is 0 Å². The van der Waals surface area contributed by atoms with Crippen LogP contribution in [0.15, 0.2) is 18.2 Å². The van der Waals surface area contributed by atoms with Crippen LogP contribution in [0.5, 0.6) is 0 Å². The molecular formula is C17H28F2O3Si. The quantitative estimate of drug-likeness (QED) is 0.453. The molecule has 132 valence electrons. The van der Waals surface area contributed by atoms with E-state index < -0.39 is 20.4 Å². The average molecular weight is 346 g/mol. The highest BCUT2D eigenvalue weighted by Gasteiger charge is 2.41. The number of hydrogen-bond donors (Lipinski definition) is 0. The summed E-state index contributed by atoms with van der Waals surface area (Å²) in [5, 5.41) is 0. The molecule has 1 aromatic rings. The van der Waals surface area contributed by atoms with Crippen molar-refractivity contribution in [3.05, 3.63) is 35.4 Å². The van der Waals surface area contributed by atoms with Crippen molar-refractivity contribution in [3.63, 3.8) is 0 Å². The molecule has 0 radical (unpaired) electrons. The minimum absolute atomic E-state index is 0.0339. The first-order valence-corrected chi connectivity index (χ1v) is 10.1. The van der Waals surface area contributed by atoms with Crippen LogP contribution >= 0.6 is 0 Å². The highest BCUT2D eigenvalue weighted by atomic mass is 28.4. The van der Waals surface area contributed by atoms with E-state index in [4.69, 9.17) is 13.3 Å². The molecule has 0 aliphatic carbocycles. The van der Waals surface area contributed by atoms with Gasteiger partial charge in [0.15, 0.2) is 11.6 Å². The maximum absolute atomic E-state index is 13.2. The van der Waals surface area contributed by atoms with Gasteiger partial charge >= 0.3 is 8.80 Å². The Balaban J connectivity index is 2.55. The molecule has 0 bridgehead atoms. The van der Waals surface area contributed by atoms with E-state index in [1.807, 2.05) is 27.7 Å². The summed E-state index contributed by atoms with van der Waals surface area (Å²) in [7, 11) is -1.06. The number of unbranched alkanes of at least 4 members (excludes halogenated alkanes) is 1. The second kappa shape index (κ2) is 9.47. The van der Waals surface area contributed by atoms with E-state index in [-0.39, 0.29) is 12.2 Å². The van der Waals surface area contributed by atoms with Gasteiger partial charge in [-0.15, -0.1) is 0 Å². The Morgan fingerprint density at radius 3 is 2.04 bits per heavy atom. The molecule has 0 atom stereocenters. The van der Waals surface area contributed by atoms with Gasteiger partial charge in [-0.05, 0) is 64.7 Å². The standard InChI is InChI=1S/C17H28F2O3Si/c1-13(2)21-23(20-5,22-14(3)4)11-7-6-8-15-9-10-16(18)17(19)12-15/h9-10,12-14H,6-8,11H2,1-5H3. The predicted octanol–water partition coefficient (Wildman–Crippen LogP) is 4.72. The molecule has 0 aliphatic rings. The van der Waals surface area contributed by atoms with Gasteiger partial charge in [0, 0.05) is 25.4 Å². The summed E-state index contributed by atoms with van der Waals surface area (Å²) in [6.07, 6.45) is 2.44. The van der Waals surface area contributed by atoms with Crippen molar-refractivity contribution in [1.29, 1.82) is 0 Å². The number of halogens is 2.